The van der Waals surface area contributed by atoms with Crippen LogP contribution in [0.4, 0.5) is 9.59 Å². The largest absolute Gasteiger partial charge is 0.443 e. The number of benzene rings is 2. The van der Waals surface area contributed by atoms with E-state index in [0.717, 1.165) is 16.0 Å². The van der Waals surface area contributed by atoms with Gasteiger partial charge in [0.1, 0.15) is 16.9 Å². The zero-order valence-corrected chi connectivity index (χ0v) is 28.2. The highest BCUT2D eigenvalue weighted by Gasteiger charge is 2.38. The summed E-state index contributed by atoms with van der Waals surface area (Å²) in [7, 11) is 1.59. The number of aromatic nitrogens is 2. The van der Waals surface area contributed by atoms with Gasteiger partial charge >= 0.3 is 12.2 Å². The molecule has 46 heavy (non-hydrogen) atoms. The van der Waals surface area contributed by atoms with Crippen LogP contribution in [0.2, 0.25) is 0 Å². The number of aliphatic imine (C=N–C) groups is 2. The average molecular weight is 647 g/mol. The van der Waals surface area contributed by atoms with Gasteiger partial charge in [-0.25, -0.2) is 19.5 Å². The standard InChI is InChI=1S/C35H43ClN6O4/c1-34(2,3)45-32(43)42(33(44)46-35(4,5)6)27-19-18-26(20-27)41-22-29(39-23-41)30(40-31(36)37-7)38-21-28(24-14-10-8-11-15-24)25-16-12-9-13-17-25/h8-19,22-23,26-28H,20-21H2,1-7H3,(H,37,38,40)/t26-,27+/m0/s1. The van der Waals surface area contributed by atoms with Gasteiger partial charge in [-0.05, 0) is 70.7 Å². The third kappa shape index (κ3) is 9.53. The van der Waals surface area contributed by atoms with Crippen molar-refractivity contribution in [2.75, 3.05) is 13.6 Å². The first-order chi connectivity index (χ1) is 21.7. The Balaban J connectivity index is 1.58. The lowest BCUT2D eigenvalue weighted by molar-refractivity contribution is -0.00403. The van der Waals surface area contributed by atoms with E-state index in [2.05, 4.69) is 39.6 Å². The van der Waals surface area contributed by atoms with Crippen molar-refractivity contribution in [1.29, 1.82) is 0 Å². The summed E-state index contributed by atoms with van der Waals surface area (Å²) in [5.74, 6) is 0.470. The quantitative estimate of drug-likeness (QED) is 0.125. The lowest BCUT2D eigenvalue weighted by Crippen LogP contribution is -2.48. The maximum Gasteiger partial charge on any atom is 0.420 e. The molecular weight excluding hydrogens is 604 g/mol. The summed E-state index contributed by atoms with van der Waals surface area (Å²) in [5, 5.41) is 3.26. The van der Waals surface area contributed by atoms with Crippen LogP contribution in [0.15, 0.2) is 95.3 Å². The van der Waals surface area contributed by atoms with Crippen molar-refractivity contribution >= 4 is 34.9 Å². The molecule has 11 heteroatoms. The summed E-state index contributed by atoms with van der Waals surface area (Å²) >= 11 is 6.32. The molecule has 0 spiro atoms. The SMILES string of the molecule is CN=C(Cl)NC(=NCC(c1ccccc1)c1ccccc1)c1cn([C@H]2C=C[C@@H](N(C(=O)OC(C)(C)C)C(=O)OC(C)(C)C)C2)cn1. The minimum absolute atomic E-state index is 0.00356. The molecule has 10 nitrogen and oxygen atoms in total. The molecule has 4 rings (SSSR count). The van der Waals surface area contributed by atoms with E-state index in [1.807, 2.05) is 59.3 Å². The van der Waals surface area contributed by atoms with Crippen LogP contribution < -0.4 is 5.32 Å². The lowest BCUT2D eigenvalue weighted by Gasteiger charge is -2.31. The van der Waals surface area contributed by atoms with Crippen molar-refractivity contribution in [2.45, 2.75) is 77.2 Å². The van der Waals surface area contributed by atoms with Crippen molar-refractivity contribution < 1.29 is 19.1 Å². The summed E-state index contributed by atoms with van der Waals surface area (Å²) in [6, 6.07) is 19.7. The summed E-state index contributed by atoms with van der Waals surface area (Å²) in [6.07, 6.45) is 6.19. The van der Waals surface area contributed by atoms with Gasteiger partial charge < -0.3 is 19.4 Å². The van der Waals surface area contributed by atoms with Gasteiger partial charge in [-0.1, -0.05) is 72.8 Å². The molecule has 1 N–H and O–H groups in total. The Morgan fingerprint density at radius 1 is 0.957 bits per heavy atom. The molecule has 0 saturated heterocycles. The first-order valence-corrected chi connectivity index (χ1v) is 15.6. The summed E-state index contributed by atoms with van der Waals surface area (Å²) in [5.41, 5.74) is 1.27. The molecule has 0 unspecified atom stereocenters. The average Bonchev–Trinajstić information content (AvgIpc) is 3.66. The van der Waals surface area contributed by atoms with Crippen molar-refractivity contribution in [1.82, 2.24) is 19.8 Å². The number of allylic oxidation sites excluding steroid dienone is 1. The molecule has 0 saturated carbocycles. The van der Waals surface area contributed by atoms with Crippen molar-refractivity contribution in [3.05, 3.63) is 102 Å². The van der Waals surface area contributed by atoms with Crippen LogP contribution in [-0.4, -0.2) is 68.6 Å². The van der Waals surface area contributed by atoms with Crippen LogP contribution in [-0.2, 0) is 9.47 Å². The fraction of sp³-hybridized carbons (Fsp3) is 0.400. The summed E-state index contributed by atoms with van der Waals surface area (Å²) in [4.78, 5) is 41.0. The maximum absolute atomic E-state index is 13.2. The number of halogens is 1. The molecule has 0 bridgehead atoms. The van der Waals surface area contributed by atoms with Crippen molar-refractivity contribution in [3.8, 4) is 0 Å². The van der Waals surface area contributed by atoms with E-state index in [-0.39, 0.29) is 17.3 Å². The zero-order chi connectivity index (χ0) is 33.5. The van der Waals surface area contributed by atoms with Gasteiger partial charge in [0.15, 0.2) is 11.1 Å². The van der Waals surface area contributed by atoms with E-state index in [9.17, 15) is 9.59 Å². The lowest BCUT2D eigenvalue weighted by atomic mass is 9.91. The molecule has 244 valence electrons. The van der Waals surface area contributed by atoms with Gasteiger partial charge in [0, 0.05) is 19.2 Å². The van der Waals surface area contributed by atoms with Crippen molar-refractivity contribution in [3.63, 3.8) is 0 Å². The number of rotatable bonds is 7. The Kier molecular flexibility index (Phi) is 11.1. The Bertz CT molecular complexity index is 1500. The molecule has 1 heterocycles. The summed E-state index contributed by atoms with van der Waals surface area (Å²) in [6.45, 7) is 11.0. The molecule has 1 aromatic heterocycles. The van der Waals surface area contributed by atoms with Gasteiger partial charge in [-0.2, -0.15) is 0 Å². The summed E-state index contributed by atoms with van der Waals surface area (Å²) < 4.78 is 13.0. The molecule has 2 atom stereocenters. The fourth-order valence-corrected chi connectivity index (χ4v) is 5.07. The van der Waals surface area contributed by atoms with E-state index < -0.39 is 29.4 Å². The molecule has 3 aromatic rings. The highest BCUT2D eigenvalue weighted by atomic mass is 35.5. The van der Waals surface area contributed by atoms with Gasteiger partial charge in [-0.3, -0.25) is 9.98 Å². The molecule has 0 fully saturated rings. The number of carbonyl (C=O) groups is 2. The predicted octanol–water partition coefficient (Wildman–Crippen LogP) is 7.32. The molecule has 0 aliphatic heterocycles. The Labute approximate surface area is 276 Å². The monoisotopic (exact) mass is 646 g/mol. The number of ether oxygens (including phenoxy) is 2. The van der Waals surface area contributed by atoms with Crippen molar-refractivity contribution in [2.24, 2.45) is 9.98 Å². The number of imidazole rings is 1. The first kappa shape index (κ1) is 34.4. The third-order valence-corrected chi connectivity index (χ3v) is 7.29. The van der Waals surface area contributed by atoms with E-state index >= 15 is 0 Å². The topological polar surface area (TPSA) is 110 Å². The van der Waals surface area contributed by atoms with E-state index in [1.54, 1.807) is 54.9 Å². The van der Waals surface area contributed by atoms with Crippen LogP contribution >= 0.6 is 11.6 Å². The Morgan fingerprint density at radius 2 is 1.50 bits per heavy atom. The molecule has 1 aliphatic carbocycles. The van der Waals surface area contributed by atoms with E-state index in [1.165, 1.54) is 0 Å². The zero-order valence-electron chi connectivity index (χ0n) is 27.5. The second kappa shape index (κ2) is 14.8. The van der Waals surface area contributed by atoms with Gasteiger partial charge in [0.25, 0.3) is 0 Å². The molecule has 2 amide bonds. The molecule has 0 radical (unpaired) electrons. The smallest absolute Gasteiger partial charge is 0.420 e. The maximum atomic E-state index is 13.2. The molecular formula is C35H43ClN6O4. The van der Waals surface area contributed by atoms with E-state index in [0.29, 0.717) is 24.5 Å². The molecule has 2 aromatic carbocycles. The van der Waals surface area contributed by atoms with E-state index in [4.69, 9.17) is 26.1 Å². The first-order valence-electron chi connectivity index (χ1n) is 15.2. The second-order valence-corrected chi connectivity index (χ2v) is 13.4. The number of carbonyl (C=O) groups excluding carboxylic acids is 2. The highest BCUT2D eigenvalue weighted by Crippen LogP contribution is 2.30. The number of imide groups is 1. The predicted molar refractivity (Wildman–Crippen MR) is 182 cm³/mol. The van der Waals surface area contributed by atoms with Gasteiger partial charge in [0.2, 0.25) is 0 Å². The highest BCUT2D eigenvalue weighted by molar-refractivity contribution is 6.66. The number of amidine groups is 2. The normalized spacial score (nSPS) is 17.2. The number of nitrogens with zero attached hydrogens (tertiary/aromatic N) is 5. The second-order valence-electron chi connectivity index (χ2n) is 13.0. The number of amides is 2. The molecule has 1 aliphatic rings. The Morgan fingerprint density at radius 3 is 2.00 bits per heavy atom. The third-order valence-electron chi connectivity index (χ3n) is 7.03. The van der Waals surface area contributed by atoms with Gasteiger partial charge in [0.05, 0.1) is 25.0 Å². The minimum Gasteiger partial charge on any atom is -0.443 e. The van der Waals surface area contributed by atoms with Crippen LogP contribution in [0, 0.1) is 0 Å². The minimum atomic E-state index is -0.788. The number of nitrogens with one attached hydrogen (secondary N) is 1. The number of hydrogen-bond donors (Lipinski definition) is 1. The van der Waals surface area contributed by atoms with Gasteiger partial charge in [-0.15, -0.1) is 0 Å². The van der Waals surface area contributed by atoms with Crippen LogP contribution in [0.5, 0.6) is 0 Å². The van der Waals surface area contributed by atoms with Crippen LogP contribution in [0.1, 0.15) is 76.7 Å². The Hall–Kier alpha value is -4.44. The number of hydrogen-bond acceptors (Lipinski definition) is 7. The van der Waals surface area contributed by atoms with Crippen LogP contribution in [0.25, 0.3) is 0 Å². The van der Waals surface area contributed by atoms with Crippen LogP contribution in [0.3, 0.4) is 0 Å². The fourth-order valence-electron chi connectivity index (χ4n) is 4.98.